The molecule has 0 spiro atoms. The fourth-order valence-corrected chi connectivity index (χ4v) is 3.14. The summed E-state index contributed by atoms with van der Waals surface area (Å²) in [6.45, 7) is 2.52. The lowest BCUT2D eigenvalue weighted by molar-refractivity contribution is 0.0788. The molecule has 140 valence electrons. The van der Waals surface area contributed by atoms with E-state index in [2.05, 4.69) is 21.0 Å². The Morgan fingerprint density at radius 3 is 2.54 bits per heavy atom. The van der Waals surface area contributed by atoms with E-state index in [1.807, 2.05) is 0 Å². The average molecular weight is 429 g/mol. The number of morpholine rings is 1. The molecule has 3 rings (SSSR count). The summed E-state index contributed by atoms with van der Waals surface area (Å²) in [5.74, 6) is -1.91. The number of carbonyl (C=O) groups excluding carboxylic acids is 1. The second-order valence-corrected chi connectivity index (χ2v) is 6.95. The number of hydrogen-bond acceptors (Lipinski definition) is 4. The van der Waals surface area contributed by atoms with Gasteiger partial charge in [0.1, 0.15) is 17.3 Å². The van der Waals surface area contributed by atoms with Crippen LogP contribution in [0.25, 0.3) is 0 Å². The molecule has 1 aromatic heterocycles. The van der Waals surface area contributed by atoms with Gasteiger partial charge in [-0.3, -0.25) is 9.48 Å². The Morgan fingerprint density at radius 1 is 1.31 bits per heavy atom. The molecule has 0 unspecified atom stereocenters. The Labute approximate surface area is 158 Å². The van der Waals surface area contributed by atoms with Crippen molar-refractivity contribution in [3.05, 3.63) is 46.2 Å². The van der Waals surface area contributed by atoms with Gasteiger partial charge in [-0.2, -0.15) is 5.10 Å². The number of aromatic nitrogens is 2. The van der Waals surface area contributed by atoms with Gasteiger partial charge in [0.2, 0.25) is 0 Å². The van der Waals surface area contributed by atoms with Crippen LogP contribution in [0.3, 0.4) is 0 Å². The molecule has 26 heavy (non-hydrogen) atoms. The highest BCUT2D eigenvalue weighted by atomic mass is 79.9. The monoisotopic (exact) mass is 428 g/mol. The maximum absolute atomic E-state index is 14.5. The van der Waals surface area contributed by atoms with Gasteiger partial charge in [0.15, 0.2) is 0 Å². The van der Waals surface area contributed by atoms with E-state index >= 15 is 0 Å². The van der Waals surface area contributed by atoms with Crippen LogP contribution < -0.4 is 4.90 Å². The van der Waals surface area contributed by atoms with E-state index in [1.54, 1.807) is 29.0 Å². The standard InChI is InChI=1S/C17H19BrF2N4O2/c1-22(2-3-24-11-13(18)10-21-24)17(25)12-8-14(19)16(15(20)9-12)23-4-6-26-7-5-23/h8-11H,2-7H2,1H3. The molecule has 1 aromatic carbocycles. The molecule has 1 aliphatic heterocycles. The van der Waals surface area contributed by atoms with Crippen molar-refractivity contribution in [2.24, 2.45) is 0 Å². The minimum Gasteiger partial charge on any atom is -0.378 e. The number of rotatable bonds is 5. The first kappa shape index (κ1) is 18.8. The smallest absolute Gasteiger partial charge is 0.253 e. The maximum atomic E-state index is 14.5. The summed E-state index contributed by atoms with van der Waals surface area (Å²) in [5, 5.41) is 4.11. The van der Waals surface area contributed by atoms with Gasteiger partial charge in [0, 0.05) is 38.4 Å². The van der Waals surface area contributed by atoms with Crippen LogP contribution in [0.4, 0.5) is 14.5 Å². The molecule has 0 aliphatic carbocycles. The zero-order valence-electron chi connectivity index (χ0n) is 14.3. The van der Waals surface area contributed by atoms with Crippen LogP contribution in [0.1, 0.15) is 10.4 Å². The molecule has 9 heteroatoms. The van der Waals surface area contributed by atoms with E-state index < -0.39 is 17.5 Å². The summed E-state index contributed by atoms with van der Waals surface area (Å²) in [7, 11) is 1.59. The van der Waals surface area contributed by atoms with Crippen molar-refractivity contribution in [2.45, 2.75) is 6.54 Å². The van der Waals surface area contributed by atoms with Gasteiger partial charge in [0.05, 0.1) is 30.4 Å². The Bertz CT molecular complexity index is 770. The van der Waals surface area contributed by atoms with E-state index in [-0.39, 0.29) is 11.3 Å². The summed E-state index contributed by atoms with van der Waals surface area (Å²) in [6.07, 6.45) is 3.44. The average Bonchev–Trinajstić information content (AvgIpc) is 3.04. The van der Waals surface area contributed by atoms with Crippen LogP contribution in [-0.4, -0.2) is 60.5 Å². The number of amides is 1. The number of ether oxygens (including phenoxy) is 1. The van der Waals surface area contributed by atoms with E-state index in [9.17, 15) is 13.6 Å². The van der Waals surface area contributed by atoms with Gasteiger partial charge in [-0.25, -0.2) is 8.78 Å². The third-order valence-corrected chi connectivity index (χ3v) is 4.61. The van der Waals surface area contributed by atoms with Crippen LogP contribution >= 0.6 is 15.9 Å². The van der Waals surface area contributed by atoms with Gasteiger partial charge < -0.3 is 14.5 Å². The van der Waals surface area contributed by atoms with Gasteiger partial charge >= 0.3 is 0 Å². The number of anilines is 1. The molecule has 1 aliphatic rings. The number of carbonyl (C=O) groups is 1. The van der Waals surface area contributed by atoms with Crippen LogP contribution in [0.2, 0.25) is 0 Å². The lowest BCUT2D eigenvalue weighted by Gasteiger charge is -2.29. The predicted molar refractivity (Wildman–Crippen MR) is 96.3 cm³/mol. The molecule has 0 atom stereocenters. The highest BCUT2D eigenvalue weighted by Gasteiger charge is 2.23. The fraction of sp³-hybridized carbons (Fsp3) is 0.412. The third kappa shape index (κ3) is 4.21. The molecule has 0 saturated carbocycles. The van der Waals surface area contributed by atoms with E-state index in [0.717, 1.165) is 16.6 Å². The number of likely N-dealkylation sites (N-methyl/N-ethyl adjacent to an activating group) is 1. The number of halogens is 3. The van der Waals surface area contributed by atoms with Crippen molar-refractivity contribution in [1.82, 2.24) is 14.7 Å². The minimum absolute atomic E-state index is 0.0128. The van der Waals surface area contributed by atoms with Gasteiger partial charge in [-0.05, 0) is 28.1 Å². The lowest BCUT2D eigenvalue weighted by atomic mass is 10.1. The molecule has 1 saturated heterocycles. The predicted octanol–water partition coefficient (Wildman–Crippen LogP) is 2.53. The minimum atomic E-state index is -0.736. The number of benzene rings is 1. The fourth-order valence-electron chi connectivity index (χ4n) is 2.81. The Morgan fingerprint density at radius 2 is 1.96 bits per heavy atom. The summed E-state index contributed by atoms with van der Waals surface area (Å²) in [5.41, 5.74) is -0.116. The first-order valence-electron chi connectivity index (χ1n) is 8.21. The number of nitrogens with zero attached hydrogens (tertiary/aromatic N) is 4. The highest BCUT2D eigenvalue weighted by molar-refractivity contribution is 9.10. The molecule has 6 nitrogen and oxygen atoms in total. The molecular weight excluding hydrogens is 410 g/mol. The maximum Gasteiger partial charge on any atom is 0.253 e. The second-order valence-electron chi connectivity index (χ2n) is 6.04. The first-order valence-corrected chi connectivity index (χ1v) is 9.00. The topological polar surface area (TPSA) is 50.6 Å². The van der Waals surface area contributed by atoms with Crippen molar-refractivity contribution in [3.63, 3.8) is 0 Å². The van der Waals surface area contributed by atoms with E-state index in [1.165, 1.54) is 4.90 Å². The van der Waals surface area contributed by atoms with Crippen molar-refractivity contribution in [2.75, 3.05) is 44.8 Å². The largest absolute Gasteiger partial charge is 0.378 e. The van der Waals surface area contributed by atoms with Crippen LogP contribution in [0.5, 0.6) is 0 Å². The Hall–Kier alpha value is -2.00. The molecule has 0 N–H and O–H groups in total. The zero-order valence-corrected chi connectivity index (χ0v) is 15.9. The van der Waals surface area contributed by atoms with Gasteiger partial charge in [-0.1, -0.05) is 0 Å². The molecule has 0 radical (unpaired) electrons. The lowest BCUT2D eigenvalue weighted by Crippen LogP contribution is -2.37. The molecule has 2 aromatic rings. The molecule has 2 heterocycles. The molecule has 0 bridgehead atoms. The Balaban J connectivity index is 1.70. The van der Waals surface area contributed by atoms with Crippen molar-refractivity contribution in [3.8, 4) is 0 Å². The third-order valence-electron chi connectivity index (χ3n) is 4.20. The summed E-state index contributed by atoms with van der Waals surface area (Å²) in [6, 6.07) is 2.19. The van der Waals surface area contributed by atoms with Crippen LogP contribution in [-0.2, 0) is 11.3 Å². The molecule has 1 fully saturated rings. The quantitative estimate of drug-likeness (QED) is 0.734. The summed E-state index contributed by atoms with van der Waals surface area (Å²) in [4.78, 5) is 15.5. The highest BCUT2D eigenvalue weighted by Crippen LogP contribution is 2.26. The van der Waals surface area contributed by atoms with Gasteiger partial charge in [0.25, 0.3) is 5.91 Å². The molecular formula is C17H19BrF2N4O2. The van der Waals surface area contributed by atoms with Crippen molar-refractivity contribution < 1.29 is 18.3 Å². The molecule has 1 amide bonds. The normalized spacial score (nSPS) is 14.5. The van der Waals surface area contributed by atoms with Gasteiger partial charge in [-0.15, -0.1) is 0 Å². The summed E-state index contributed by atoms with van der Waals surface area (Å²) >= 11 is 3.30. The first-order chi connectivity index (χ1) is 12.5. The van der Waals surface area contributed by atoms with E-state index in [4.69, 9.17) is 4.74 Å². The van der Waals surface area contributed by atoms with Crippen molar-refractivity contribution in [1.29, 1.82) is 0 Å². The SMILES string of the molecule is CN(CCn1cc(Br)cn1)C(=O)c1cc(F)c(N2CCOCC2)c(F)c1. The van der Waals surface area contributed by atoms with Crippen LogP contribution in [0.15, 0.2) is 29.0 Å². The Kier molecular flexibility index (Phi) is 5.87. The number of hydrogen-bond donors (Lipinski definition) is 0. The van der Waals surface area contributed by atoms with Crippen LogP contribution in [0, 0.1) is 11.6 Å². The zero-order chi connectivity index (χ0) is 18.7. The second kappa shape index (κ2) is 8.13. The van der Waals surface area contributed by atoms with Crippen molar-refractivity contribution >= 4 is 27.5 Å². The van der Waals surface area contributed by atoms with E-state index in [0.29, 0.717) is 39.4 Å². The summed E-state index contributed by atoms with van der Waals surface area (Å²) < 4.78 is 36.6.